The third-order valence-electron chi connectivity index (χ3n) is 4.35. The third kappa shape index (κ3) is 3.81. The lowest BCUT2D eigenvalue weighted by Gasteiger charge is -2.38. The Morgan fingerprint density at radius 2 is 2.22 bits per heavy atom. The average Bonchev–Trinajstić information content (AvgIpc) is 2.90. The Morgan fingerprint density at radius 1 is 1.43 bits per heavy atom. The SMILES string of the molecule is CCCS(=O)(=O)N1CCCC2(CC(Oc3ncccn3)CO2)C1. The normalized spacial score (nSPS) is 29.0. The summed E-state index contributed by atoms with van der Waals surface area (Å²) in [7, 11) is -3.19. The van der Waals surface area contributed by atoms with Gasteiger partial charge in [-0.3, -0.25) is 0 Å². The molecule has 0 saturated carbocycles. The molecule has 1 aromatic heterocycles. The van der Waals surface area contributed by atoms with Crippen LogP contribution in [0.25, 0.3) is 0 Å². The average molecular weight is 341 g/mol. The van der Waals surface area contributed by atoms with E-state index in [1.54, 1.807) is 22.8 Å². The fourth-order valence-electron chi connectivity index (χ4n) is 3.34. The minimum Gasteiger partial charge on any atom is -0.458 e. The van der Waals surface area contributed by atoms with Crippen molar-refractivity contribution >= 4 is 10.0 Å². The Labute approximate surface area is 137 Å². The molecule has 1 aromatic rings. The molecule has 2 unspecified atom stereocenters. The van der Waals surface area contributed by atoms with E-state index in [2.05, 4.69) is 9.97 Å². The summed E-state index contributed by atoms with van der Waals surface area (Å²) in [6, 6.07) is 2.07. The zero-order valence-electron chi connectivity index (χ0n) is 13.3. The molecule has 8 heteroatoms. The van der Waals surface area contributed by atoms with Crippen LogP contribution in [0.5, 0.6) is 6.01 Å². The largest absolute Gasteiger partial charge is 0.458 e. The fraction of sp³-hybridized carbons (Fsp3) is 0.733. The molecule has 0 bridgehead atoms. The second kappa shape index (κ2) is 6.70. The van der Waals surface area contributed by atoms with Gasteiger partial charge >= 0.3 is 6.01 Å². The van der Waals surface area contributed by atoms with Crippen molar-refractivity contribution < 1.29 is 17.9 Å². The quantitative estimate of drug-likeness (QED) is 0.801. The van der Waals surface area contributed by atoms with Gasteiger partial charge in [0.15, 0.2) is 0 Å². The van der Waals surface area contributed by atoms with E-state index in [-0.39, 0.29) is 11.9 Å². The van der Waals surface area contributed by atoms with Crippen molar-refractivity contribution in [3.8, 4) is 6.01 Å². The summed E-state index contributed by atoms with van der Waals surface area (Å²) in [5.74, 6) is 0.195. The van der Waals surface area contributed by atoms with Crippen molar-refractivity contribution in [3.05, 3.63) is 18.5 Å². The van der Waals surface area contributed by atoms with Gasteiger partial charge in [-0.05, 0) is 25.3 Å². The Morgan fingerprint density at radius 3 is 2.96 bits per heavy atom. The van der Waals surface area contributed by atoms with Gasteiger partial charge in [0.25, 0.3) is 0 Å². The number of aromatic nitrogens is 2. The summed E-state index contributed by atoms with van der Waals surface area (Å²) >= 11 is 0. The molecule has 0 aromatic carbocycles. The molecular weight excluding hydrogens is 318 g/mol. The third-order valence-corrected chi connectivity index (χ3v) is 6.37. The van der Waals surface area contributed by atoms with Crippen LogP contribution in [-0.2, 0) is 14.8 Å². The number of piperidine rings is 1. The number of rotatable bonds is 5. The van der Waals surface area contributed by atoms with Gasteiger partial charge in [0.1, 0.15) is 6.10 Å². The van der Waals surface area contributed by atoms with Crippen LogP contribution >= 0.6 is 0 Å². The lowest BCUT2D eigenvalue weighted by Crippen LogP contribution is -2.50. The highest BCUT2D eigenvalue weighted by Gasteiger charge is 2.46. The van der Waals surface area contributed by atoms with E-state index in [1.165, 1.54) is 0 Å². The fourth-order valence-corrected chi connectivity index (χ4v) is 4.95. The topological polar surface area (TPSA) is 81.6 Å². The van der Waals surface area contributed by atoms with E-state index in [4.69, 9.17) is 9.47 Å². The summed E-state index contributed by atoms with van der Waals surface area (Å²) in [5, 5.41) is 0. The molecule has 3 rings (SSSR count). The van der Waals surface area contributed by atoms with E-state index in [0.717, 1.165) is 12.8 Å². The van der Waals surface area contributed by atoms with Gasteiger partial charge in [-0.2, -0.15) is 4.31 Å². The molecule has 1 spiro atoms. The van der Waals surface area contributed by atoms with E-state index in [9.17, 15) is 8.42 Å². The van der Waals surface area contributed by atoms with Crippen molar-refractivity contribution in [3.63, 3.8) is 0 Å². The van der Waals surface area contributed by atoms with Crippen molar-refractivity contribution in [2.45, 2.75) is 44.3 Å². The first kappa shape index (κ1) is 16.6. The summed E-state index contributed by atoms with van der Waals surface area (Å²) in [6.45, 7) is 3.33. The highest BCUT2D eigenvalue weighted by atomic mass is 32.2. The van der Waals surface area contributed by atoms with Gasteiger partial charge in [-0.15, -0.1) is 0 Å². The first-order valence-electron chi connectivity index (χ1n) is 8.08. The summed E-state index contributed by atoms with van der Waals surface area (Å²) < 4.78 is 38.0. The van der Waals surface area contributed by atoms with Crippen LogP contribution in [0.3, 0.4) is 0 Å². The maximum absolute atomic E-state index is 12.3. The van der Waals surface area contributed by atoms with Crippen molar-refractivity contribution in [1.82, 2.24) is 14.3 Å². The van der Waals surface area contributed by atoms with Crippen LogP contribution in [0, 0.1) is 0 Å². The van der Waals surface area contributed by atoms with Crippen LogP contribution in [0.2, 0.25) is 0 Å². The second-order valence-corrected chi connectivity index (χ2v) is 8.31. The molecule has 0 radical (unpaired) electrons. The highest BCUT2D eigenvalue weighted by Crippen LogP contribution is 2.36. The van der Waals surface area contributed by atoms with Crippen molar-refractivity contribution in [1.29, 1.82) is 0 Å². The smallest absolute Gasteiger partial charge is 0.316 e. The Bertz CT molecular complexity index is 625. The van der Waals surface area contributed by atoms with Crippen LogP contribution in [0.1, 0.15) is 32.6 Å². The molecule has 0 amide bonds. The van der Waals surface area contributed by atoms with E-state index in [1.807, 2.05) is 6.92 Å². The molecule has 2 fully saturated rings. The van der Waals surface area contributed by atoms with Gasteiger partial charge in [0.2, 0.25) is 10.0 Å². The van der Waals surface area contributed by atoms with Crippen LogP contribution in [0.15, 0.2) is 18.5 Å². The predicted octanol–water partition coefficient (Wildman–Crippen LogP) is 1.22. The Hall–Kier alpha value is -1.25. The van der Waals surface area contributed by atoms with Gasteiger partial charge in [0, 0.05) is 31.9 Å². The maximum atomic E-state index is 12.3. The number of ether oxygens (including phenoxy) is 2. The first-order chi connectivity index (χ1) is 11.0. The monoisotopic (exact) mass is 341 g/mol. The first-order valence-corrected chi connectivity index (χ1v) is 9.69. The predicted molar refractivity (Wildman–Crippen MR) is 84.6 cm³/mol. The highest BCUT2D eigenvalue weighted by molar-refractivity contribution is 7.89. The van der Waals surface area contributed by atoms with E-state index >= 15 is 0 Å². The zero-order chi connectivity index (χ0) is 16.3. The Kier molecular flexibility index (Phi) is 4.84. The summed E-state index contributed by atoms with van der Waals surface area (Å²) in [4.78, 5) is 8.12. The van der Waals surface area contributed by atoms with E-state index < -0.39 is 15.6 Å². The standard InChI is InChI=1S/C15H23N3O4S/c1-2-9-23(19,20)18-8-3-5-15(12-18)10-13(11-21-15)22-14-16-6-4-7-17-14/h4,6-7,13H,2-3,5,8-12H2,1H3. The van der Waals surface area contributed by atoms with E-state index in [0.29, 0.717) is 38.5 Å². The summed E-state index contributed by atoms with van der Waals surface area (Å²) in [5.41, 5.74) is -0.432. The molecule has 3 heterocycles. The molecule has 23 heavy (non-hydrogen) atoms. The van der Waals surface area contributed by atoms with Crippen LogP contribution in [0.4, 0.5) is 0 Å². The number of hydrogen-bond acceptors (Lipinski definition) is 6. The molecule has 2 aliphatic heterocycles. The van der Waals surface area contributed by atoms with Gasteiger partial charge in [-0.25, -0.2) is 18.4 Å². The molecular formula is C15H23N3O4S. The van der Waals surface area contributed by atoms with Crippen molar-refractivity contribution in [2.75, 3.05) is 25.4 Å². The molecule has 128 valence electrons. The lowest BCUT2D eigenvalue weighted by atomic mass is 9.90. The summed E-state index contributed by atoms with van der Waals surface area (Å²) in [6.07, 6.45) is 6.11. The second-order valence-electron chi connectivity index (χ2n) is 6.22. The minimum absolute atomic E-state index is 0.133. The zero-order valence-corrected chi connectivity index (χ0v) is 14.2. The molecule has 0 aliphatic carbocycles. The van der Waals surface area contributed by atoms with Gasteiger partial charge in [0.05, 0.1) is 18.0 Å². The van der Waals surface area contributed by atoms with Crippen LogP contribution < -0.4 is 4.74 Å². The van der Waals surface area contributed by atoms with Crippen molar-refractivity contribution in [2.24, 2.45) is 0 Å². The molecule has 2 aliphatic rings. The van der Waals surface area contributed by atoms with Gasteiger partial charge < -0.3 is 9.47 Å². The molecule has 2 atom stereocenters. The number of hydrogen-bond donors (Lipinski definition) is 0. The lowest BCUT2D eigenvalue weighted by molar-refractivity contribution is -0.0339. The molecule has 7 nitrogen and oxygen atoms in total. The maximum Gasteiger partial charge on any atom is 0.316 e. The number of nitrogens with zero attached hydrogens (tertiary/aromatic N) is 3. The van der Waals surface area contributed by atoms with Crippen LogP contribution in [-0.4, -0.2) is 59.8 Å². The van der Waals surface area contributed by atoms with Gasteiger partial charge in [-0.1, -0.05) is 6.92 Å². The minimum atomic E-state index is -3.19. The number of sulfonamides is 1. The Balaban J connectivity index is 1.64. The molecule has 2 saturated heterocycles. The molecule has 0 N–H and O–H groups in total.